The molecule has 0 spiro atoms. The zero-order valence-electron chi connectivity index (χ0n) is 8.57. The summed E-state index contributed by atoms with van der Waals surface area (Å²) in [5.41, 5.74) is 5.47. The molecule has 1 atom stereocenters. The van der Waals surface area contributed by atoms with E-state index < -0.39 is 10.0 Å². The van der Waals surface area contributed by atoms with E-state index in [0.29, 0.717) is 9.50 Å². The highest BCUT2D eigenvalue weighted by Crippen LogP contribution is 2.25. The Morgan fingerprint density at radius 1 is 1.56 bits per heavy atom. The Morgan fingerprint density at radius 2 is 2.19 bits per heavy atom. The van der Waals surface area contributed by atoms with Crippen molar-refractivity contribution >= 4 is 37.6 Å². The monoisotopic (exact) mass is 326 g/mol. The number of nitrogens with one attached hydrogen (secondary N) is 1. The summed E-state index contributed by atoms with van der Waals surface area (Å²) in [6.45, 7) is 1.92. The Hall–Kier alpha value is -0.140. The Bertz CT molecular complexity index is 476. The largest absolute Gasteiger partial charge is 0.327 e. The van der Waals surface area contributed by atoms with E-state index >= 15 is 0 Å². The van der Waals surface area contributed by atoms with Gasteiger partial charge in [0, 0.05) is 17.1 Å². The Kier molecular flexibility index (Phi) is 4.75. The molecule has 0 aliphatic heterocycles. The molecular formula is C9H12BrClN2O2S. The van der Waals surface area contributed by atoms with Gasteiger partial charge in [0.25, 0.3) is 0 Å². The van der Waals surface area contributed by atoms with Crippen molar-refractivity contribution in [2.75, 3.05) is 6.54 Å². The fraction of sp³-hybridized carbons (Fsp3) is 0.333. The van der Waals surface area contributed by atoms with E-state index in [1.807, 2.05) is 0 Å². The molecule has 0 radical (unpaired) electrons. The van der Waals surface area contributed by atoms with E-state index in [2.05, 4.69) is 20.7 Å². The van der Waals surface area contributed by atoms with Crippen molar-refractivity contribution in [2.45, 2.75) is 17.9 Å². The first kappa shape index (κ1) is 13.9. The lowest BCUT2D eigenvalue weighted by molar-refractivity contribution is 0.574. The van der Waals surface area contributed by atoms with E-state index in [4.69, 9.17) is 17.3 Å². The Balaban J connectivity index is 2.94. The van der Waals surface area contributed by atoms with E-state index in [-0.39, 0.29) is 17.5 Å². The third-order valence-electron chi connectivity index (χ3n) is 1.80. The molecule has 1 unspecified atom stereocenters. The van der Waals surface area contributed by atoms with E-state index in [9.17, 15) is 8.42 Å². The van der Waals surface area contributed by atoms with Crippen molar-refractivity contribution in [3.8, 4) is 0 Å². The zero-order chi connectivity index (χ0) is 12.3. The zero-order valence-corrected chi connectivity index (χ0v) is 11.7. The summed E-state index contributed by atoms with van der Waals surface area (Å²) in [7, 11) is -3.51. The van der Waals surface area contributed by atoms with Gasteiger partial charge in [0.1, 0.15) is 0 Å². The molecule has 3 N–H and O–H groups in total. The molecule has 0 heterocycles. The van der Waals surface area contributed by atoms with Gasteiger partial charge in [-0.1, -0.05) is 11.6 Å². The highest BCUT2D eigenvalue weighted by molar-refractivity contribution is 9.10. The number of rotatable bonds is 4. The van der Waals surface area contributed by atoms with Crippen LogP contribution in [0.1, 0.15) is 6.92 Å². The van der Waals surface area contributed by atoms with Gasteiger partial charge in [0.05, 0.1) is 9.92 Å². The topological polar surface area (TPSA) is 72.2 Å². The minimum atomic E-state index is -3.51. The van der Waals surface area contributed by atoms with E-state index in [1.165, 1.54) is 18.2 Å². The third-order valence-corrected chi connectivity index (χ3v) is 4.43. The minimum Gasteiger partial charge on any atom is -0.327 e. The molecule has 0 aliphatic carbocycles. The van der Waals surface area contributed by atoms with Crippen LogP contribution in [0.2, 0.25) is 5.02 Å². The summed E-state index contributed by atoms with van der Waals surface area (Å²) in [5.74, 6) is 0. The second kappa shape index (κ2) is 5.46. The quantitative estimate of drug-likeness (QED) is 0.884. The molecule has 0 fully saturated rings. The molecule has 0 bridgehead atoms. The summed E-state index contributed by atoms with van der Waals surface area (Å²) >= 11 is 8.95. The third kappa shape index (κ3) is 3.71. The van der Waals surface area contributed by atoms with Crippen LogP contribution >= 0.6 is 27.5 Å². The van der Waals surface area contributed by atoms with Crippen molar-refractivity contribution in [1.82, 2.24) is 4.72 Å². The second-order valence-corrected chi connectivity index (χ2v) is 6.43. The van der Waals surface area contributed by atoms with Gasteiger partial charge in [0.15, 0.2) is 0 Å². The maximum absolute atomic E-state index is 11.8. The second-order valence-electron chi connectivity index (χ2n) is 3.41. The lowest BCUT2D eigenvalue weighted by atomic mass is 10.4. The van der Waals surface area contributed by atoms with Crippen LogP contribution in [-0.4, -0.2) is 21.0 Å². The first-order valence-corrected chi connectivity index (χ1v) is 7.18. The maximum Gasteiger partial charge on any atom is 0.240 e. The highest BCUT2D eigenvalue weighted by Gasteiger charge is 2.15. The van der Waals surface area contributed by atoms with Gasteiger partial charge >= 0.3 is 0 Å². The van der Waals surface area contributed by atoms with Crippen LogP contribution in [0.5, 0.6) is 0 Å². The van der Waals surface area contributed by atoms with Gasteiger partial charge in [-0.05, 0) is 41.1 Å². The first-order chi connectivity index (χ1) is 7.33. The van der Waals surface area contributed by atoms with Crippen molar-refractivity contribution in [3.05, 3.63) is 27.7 Å². The van der Waals surface area contributed by atoms with Gasteiger partial charge < -0.3 is 5.73 Å². The molecule has 0 aromatic heterocycles. The standard InChI is InChI=1S/C9H12BrClN2O2S/c1-6(12)5-13-16(14,15)7-2-3-9(11)8(10)4-7/h2-4,6,13H,5,12H2,1H3. The first-order valence-electron chi connectivity index (χ1n) is 4.53. The number of hydrogen-bond acceptors (Lipinski definition) is 3. The molecule has 90 valence electrons. The van der Waals surface area contributed by atoms with E-state index in [1.54, 1.807) is 6.92 Å². The van der Waals surface area contributed by atoms with Crippen LogP contribution in [0.3, 0.4) is 0 Å². The predicted molar refractivity (Wildman–Crippen MR) is 68.0 cm³/mol. The minimum absolute atomic E-state index is 0.157. The maximum atomic E-state index is 11.8. The van der Waals surface area contributed by atoms with Crippen molar-refractivity contribution in [1.29, 1.82) is 0 Å². The molecule has 4 nitrogen and oxygen atoms in total. The normalized spacial score (nSPS) is 13.8. The van der Waals surface area contributed by atoms with E-state index in [0.717, 1.165) is 0 Å². The molecule has 7 heteroatoms. The fourth-order valence-corrected chi connectivity index (χ4v) is 2.79. The number of nitrogens with two attached hydrogens (primary N) is 1. The molecule has 0 saturated carbocycles. The van der Waals surface area contributed by atoms with Gasteiger partial charge in [0.2, 0.25) is 10.0 Å². The Morgan fingerprint density at radius 3 is 2.69 bits per heavy atom. The molecule has 1 aromatic rings. The van der Waals surface area contributed by atoms with Crippen LogP contribution in [-0.2, 0) is 10.0 Å². The van der Waals surface area contributed by atoms with Crippen LogP contribution < -0.4 is 10.5 Å². The Labute approximate surface area is 108 Å². The summed E-state index contributed by atoms with van der Waals surface area (Å²) in [6.07, 6.45) is 0. The van der Waals surface area contributed by atoms with Crippen LogP contribution in [0.25, 0.3) is 0 Å². The van der Waals surface area contributed by atoms with Crippen molar-refractivity contribution in [3.63, 3.8) is 0 Å². The molecule has 0 saturated heterocycles. The average molecular weight is 328 g/mol. The lowest BCUT2D eigenvalue weighted by Gasteiger charge is -2.09. The number of hydrogen-bond donors (Lipinski definition) is 2. The number of benzene rings is 1. The number of halogens is 2. The molecule has 0 amide bonds. The summed E-state index contributed by atoms with van der Waals surface area (Å²) in [4.78, 5) is 0.157. The SMILES string of the molecule is CC(N)CNS(=O)(=O)c1ccc(Cl)c(Br)c1. The molecule has 1 aromatic carbocycles. The van der Waals surface area contributed by atoms with Crippen molar-refractivity contribution < 1.29 is 8.42 Å². The summed E-state index contributed by atoms with van der Waals surface area (Å²) in [6, 6.07) is 4.18. The predicted octanol–water partition coefficient (Wildman–Crippen LogP) is 1.73. The van der Waals surface area contributed by atoms with Crippen LogP contribution in [0.15, 0.2) is 27.6 Å². The lowest BCUT2D eigenvalue weighted by Crippen LogP contribution is -2.35. The average Bonchev–Trinajstić information content (AvgIpc) is 2.19. The molecule has 0 aliphatic rings. The van der Waals surface area contributed by atoms with Crippen molar-refractivity contribution in [2.24, 2.45) is 5.73 Å². The molecular weight excluding hydrogens is 316 g/mol. The highest BCUT2D eigenvalue weighted by atomic mass is 79.9. The van der Waals surface area contributed by atoms with Crippen LogP contribution in [0.4, 0.5) is 0 Å². The summed E-state index contributed by atoms with van der Waals surface area (Å²) < 4.78 is 26.5. The smallest absolute Gasteiger partial charge is 0.240 e. The van der Waals surface area contributed by atoms with Crippen LogP contribution in [0, 0.1) is 0 Å². The summed E-state index contributed by atoms with van der Waals surface area (Å²) in [5, 5.41) is 0.464. The molecule has 16 heavy (non-hydrogen) atoms. The fourth-order valence-electron chi connectivity index (χ4n) is 0.968. The molecule has 1 rings (SSSR count). The van der Waals surface area contributed by atoms with Gasteiger partial charge in [-0.3, -0.25) is 0 Å². The van der Waals surface area contributed by atoms with Gasteiger partial charge in [-0.2, -0.15) is 0 Å². The number of sulfonamides is 1. The van der Waals surface area contributed by atoms with Gasteiger partial charge in [-0.25, -0.2) is 13.1 Å². The van der Waals surface area contributed by atoms with Gasteiger partial charge in [-0.15, -0.1) is 0 Å².